The lowest BCUT2D eigenvalue weighted by Crippen LogP contribution is -2.04. The number of aromatic hydroxyl groups is 1. The highest BCUT2D eigenvalue weighted by Crippen LogP contribution is 2.32. The first-order chi connectivity index (χ1) is 12.2. The minimum absolute atomic E-state index is 0.00432. The number of hydrogen-bond donors (Lipinski definition) is 2. The molecule has 0 radical (unpaired) electrons. The molecule has 0 amide bonds. The lowest BCUT2D eigenvalue weighted by molar-refractivity contribution is -0.137. The lowest BCUT2D eigenvalue weighted by Gasteiger charge is -2.10. The first kappa shape index (κ1) is 19.5. The second-order valence-electron chi connectivity index (χ2n) is 5.54. The van der Waals surface area contributed by atoms with Crippen LogP contribution in [0.4, 0.5) is 13.2 Å². The molecule has 0 saturated carbocycles. The van der Waals surface area contributed by atoms with E-state index in [1.165, 1.54) is 25.3 Å². The van der Waals surface area contributed by atoms with Crippen molar-refractivity contribution in [3.8, 4) is 5.75 Å². The molecular weight excluding hydrogens is 349 g/mol. The third-order valence-corrected chi connectivity index (χ3v) is 3.70. The van der Waals surface area contributed by atoms with Crippen LogP contribution in [0, 0.1) is 0 Å². The van der Waals surface area contributed by atoms with Crippen LogP contribution in [-0.2, 0) is 10.9 Å². The van der Waals surface area contributed by atoms with E-state index < -0.39 is 23.8 Å². The molecule has 0 spiro atoms. The smallest absolute Gasteiger partial charge is 0.416 e. The van der Waals surface area contributed by atoms with Crippen molar-refractivity contribution in [1.82, 2.24) is 0 Å². The lowest BCUT2D eigenvalue weighted by atomic mass is 10.0. The van der Waals surface area contributed by atoms with Crippen LogP contribution in [-0.4, -0.2) is 23.3 Å². The fourth-order valence-corrected chi connectivity index (χ4v) is 2.32. The molecule has 2 aromatic carbocycles. The SMILES string of the molecule is COC(=O)c1cccc(C(O)C/C=C/c2cc(C(F)(F)F)ccc2O)c1. The van der Waals surface area contributed by atoms with Gasteiger partial charge in [0.2, 0.25) is 0 Å². The van der Waals surface area contributed by atoms with Gasteiger partial charge >= 0.3 is 12.1 Å². The van der Waals surface area contributed by atoms with Gasteiger partial charge in [0.25, 0.3) is 0 Å². The monoisotopic (exact) mass is 366 g/mol. The molecular formula is C19H17F3O4. The molecule has 2 N–H and O–H groups in total. The summed E-state index contributed by atoms with van der Waals surface area (Å²) in [6.07, 6.45) is -2.64. The summed E-state index contributed by atoms with van der Waals surface area (Å²) in [5.74, 6) is -0.833. The molecule has 0 aromatic heterocycles. The first-order valence-electron chi connectivity index (χ1n) is 7.65. The van der Waals surface area contributed by atoms with Gasteiger partial charge in [-0.25, -0.2) is 4.79 Å². The minimum atomic E-state index is -4.51. The van der Waals surface area contributed by atoms with Gasteiger partial charge in [-0.3, -0.25) is 0 Å². The number of rotatable bonds is 5. The largest absolute Gasteiger partial charge is 0.507 e. The van der Waals surface area contributed by atoms with Gasteiger partial charge in [0, 0.05) is 5.56 Å². The molecule has 0 aliphatic rings. The number of benzene rings is 2. The van der Waals surface area contributed by atoms with Crippen molar-refractivity contribution in [1.29, 1.82) is 0 Å². The molecule has 2 aromatic rings. The second kappa shape index (κ2) is 8.05. The van der Waals surface area contributed by atoms with Crippen LogP contribution in [0.2, 0.25) is 0 Å². The van der Waals surface area contributed by atoms with Crippen LogP contribution < -0.4 is 0 Å². The second-order valence-corrected chi connectivity index (χ2v) is 5.54. The van der Waals surface area contributed by atoms with Crippen LogP contribution in [0.25, 0.3) is 6.08 Å². The van der Waals surface area contributed by atoms with Crippen molar-refractivity contribution in [2.75, 3.05) is 7.11 Å². The van der Waals surface area contributed by atoms with Gasteiger partial charge in [0.05, 0.1) is 24.3 Å². The Hall–Kier alpha value is -2.80. The molecule has 26 heavy (non-hydrogen) atoms. The third-order valence-electron chi connectivity index (χ3n) is 3.70. The van der Waals surface area contributed by atoms with E-state index in [1.54, 1.807) is 18.2 Å². The zero-order valence-electron chi connectivity index (χ0n) is 13.8. The van der Waals surface area contributed by atoms with E-state index >= 15 is 0 Å². The number of alkyl halides is 3. The molecule has 0 heterocycles. The Labute approximate surface area is 148 Å². The Kier molecular flexibility index (Phi) is 6.05. The number of esters is 1. The molecule has 0 bridgehead atoms. The van der Waals surface area contributed by atoms with Gasteiger partial charge in [-0.2, -0.15) is 13.2 Å². The molecule has 0 fully saturated rings. The molecule has 7 heteroatoms. The Morgan fingerprint density at radius 2 is 1.96 bits per heavy atom. The quantitative estimate of drug-likeness (QED) is 0.773. The maximum absolute atomic E-state index is 12.7. The molecule has 4 nitrogen and oxygen atoms in total. The number of aliphatic hydroxyl groups excluding tert-OH is 1. The predicted molar refractivity (Wildman–Crippen MR) is 89.5 cm³/mol. The molecule has 1 unspecified atom stereocenters. The Bertz CT molecular complexity index is 813. The Morgan fingerprint density at radius 1 is 1.23 bits per heavy atom. The number of carbonyl (C=O) groups excluding carboxylic acids is 1. The number of hydrogen-bond acceptors (Lipinski definition) is 4. The fourth-order valence-electron chi connectivity index (χ4n) is 2.32. The minimum Gasteiger partial charge on any atom is -0.507 e. The molecule has 138 valence electrons. The number of halogens is 3. The summed E-state index contributed by atoms with van der Waals surface area (Å²) in [7, 11) is 1.25. The average Bonchev–Trinajstić information content (AvgIpc) is 2.61. The van der Waals surface area contributed by atoms with E-state index in [-0.39, 0.29) is 23.3 Å². The number of phenolic OH excluding ortho intramolecular Hbond substituents is 1. The van der Waals surface area contributed by atoms with Crippen LogP contribution in [0.5, 0.6) is 5.75 Å². The van der Waals surface area contributed by atoms with E-state index in [4.69, 9.17) is 0 Å². The van der Waals surface area contributed by atoms with E-state index in [1.807, 2.05) is 0 Å². The topological polar surface area (TPSA) is 66.8 Å². The number of methoxy groups -OCH3 is 1. The Morgan fingerprint density at radius 3 is 2.62 bits per heavy atom. The highest BCUT2D eigenvalue weighted by molar-refractivity contribution is 5.89. The zero-order valence-corrected chi connectivity index (χ0v) is 13.8. The summed E-state index contributed by atoms with van der Waals surface area (Å²) in [6, 6.07) is 8.82. The number of ether oxygens (including phenoxy) is 1. The summed E-state index contributed by atoms with van der Waals surface area (Å²) >= 11 is 0. The van der Waals surface area contributed by atoms with Gasteiger partial charge in [0.1, 0.15) is 5.75 Å². The summed E-state index contributed by atoms with van der Waals surface area (Å²) in [5.41, 5.74) is -0.133. The van der Waals surface area contributed by atoms with Crippen LogP contribution in [0.3, 0.4) is 0 Å². The van der Waals surface area contributed by atoms with Gasteiger partial charge in [0.15, 0.2) is 0 Å². The number of aliphatic hydroxyl groups is 1. The molecule has 2 rings (SSSR count). The number of phenols is 1. The molecule has 1 atom stereocenters. The van der Waals surface area contributed by atoms with Gasteiger partial charge in [-0.05, 0) is 42.3 Å². The summed E-state index contributed by atoms with van der Waals surface area (Å²) in [4.78, 5) is 11.5. The van der Waals surface area contributed by atoms with Crippen molar-refractivity contribution in [3.05, 3.63) is 70.8 Å². The van der Waals surface area contributed by atoms with Crippen molar-refractivity contribution in [2.45, 2.75) is 18.7 Å². The Balaban J connectivity index is 2.12. The van der Waals surface area contributed by atoms with Crippen LogP contribution >= 0.6 is 0 Å². The summed E-state index contributed by atoms with van der Waals surface area (Å²) in [6.45, 7) is 0. The average molecular weight is 366 g/mol. The summed E-state index contributed by atoms with van der Waals surface area (Å²) in [5, 5.41) is 19.9. The number of carbonyl (C=O) groups is 1. The van der Waals surface area contributed by atoms with Crippen molar-refractivity contribution >= 4 is 12.0 Å². The zero-order chi connectivity index (χ0) is 19.3. The fraction of sp³-hybridized carbons (Fsp3) is 0.211. The standard InChI is InChI=1S/C19H17F3O4/c1-26-18(25)14-6-2-4-12(10-14)16(23)7-3-5-13-11-15(19(20,21)22)8-9-17(13)24/h2-6,8-11,16,23-24H,7H2,1H3/b5-3+. The molecule has 0 saturated heterocycles. The van der Waals surface area contributed by atoms with Gasteiger partial charge in [-0.1, -0.05) is 24.3 Å². The van der Waals surface area contributed by atoms with E-state index in [2.05, 4.69) is 4.74 Å². The van der Waals surface area contributed by atoms with Crippen LogP contribution in [0.15, 0.2) is 48.5 Å². The highest BCUT2D eigenvalue weighted by atomic mass is 19.4. The molecule has 0 aliphatic carbocycles. The first-order valence-corrected chi connectivity index (χ1v) is 7.65. The van der Waals surface area contributed by atoms with E-state index in [0.29, 0.717) is 5.56 Å². The van der Waals surface area contributed by atoms with E-state index in [0.717, 1.165) is 18.2 Å². The van der Waals surface area contributed by atoms with Crippen molar-refractivity contribution in [2.24, 2.45) is 0 Å². The summed E-state index contributed by atoms with van der Waals surface area (Å²) < 4.78 is 42.8. The van der Waals surface area contributed by atoms with Gasteiger partial charge < -0.3 is 14.9 Å². The maximum Gasteiger partial charge on any atom is 0.416 e. The van der Waals surface area contributed by atoms with Crippen molar-refractivity contribution in [3.63, 3.8) is 0 Å². The predicted octanol–water partition coefficient (Wildman–Crippen LogP) is 4.33. The highest BCUT2D eigenvalue weighted by Gasteiger charge is 2.30. The molecule has 0 aliphatic heterocycles. The van der Waals surface area contributed by atoms with Crippen LogP contribution in [0.1, 0.15) is 39.6 Å². The normalized spacial score (nSPS) is 13.0. The van der Waals surface area contributed by atoms with E-state index in [9.17, 15) is 28.2 Å². The maximum atomic E-state index is 12.7. The third kappa shape index (κ3) is 4.86. The van der Waals surface area contributed by atoms with Crippen molar-refractivity contribution < 1.29 is 32.9 Å². The van der Waals surface area contributed by atoms with Gasteiger partial charge in [-0.15, -0.1) is 0 Å².